The van der Waals surface area contributed by atoms with E-state index < -0.39 is 17.5 Å². The third-order valence-corrected chi connectivity index (χ3v) is 3.61. The zero-order valence-electron chi connectivity index (χ0n) is 14.9. The third kappa shape index (κ3) is 6.25. The first-order valence-electron chi connectivity index (χ1n) is 8.53. The number of benzene rings is 2. The van der Waals surface area contributed by atoms with Crippen LogP contribution < -0.4 is 16.0 Å². The maximum Gasteiger partial charge on any atom is 0.255 e. The summed E-state index contributed by atoms with van der Waals surface area (Å²) >= 11 is 0. The maximum absolute atomic E-state index is 13.7. The van der Waals surface area contributed by atoms with Crippen LogP contribution in [0.25, 0.3) is 0 Å². The number of guanidine groups is 1. The van der Waals surface area contributed by atoms with Crippen molar-refractivity contribution >= 4 is 11.9 Å². The van der Waals surface area contributed by atoms with E-state index in [1.54, 1.807) is 12.1 Å². The first-order chi connectivity index (χ1) is 13.0. The van der Waals surface area contributed by atoms with Crippen molar-refractivity contribution in [2.24, 2.45) is 4.99 Å². The Balaban J connectivity index is 1.86. The topological polar surface area (TPSA) is 85.8 Å². The van der Waals surface area contributed by atoms with Crippen LogP contribution in [0.5, 0.6) is 5.75 Å². The number of amides is 1. The van der Waals surface area contributed by atoms with Gasteiger partial charge in [-0.3, -0.25) is 4.79 Å². The summed E-state index contributed by atoms with van der Waals surface area (Å²) in [6, 6.07) is 9.48. The second kappa shape index (κ2) is 10.1. The standard InChI is InChI=1S/C19H22F2N4O2/c1-2-22-19(25-12-13-11-14(20)7-8-16(13)21)24-10-9-23-18(27)15-5-3-4-6-17(15)26/h3-8,11,26H,2,9-10,12H2,1H3,(H,23,27)(H2,22,24,25). The molecule has 0 saturated heterocycles. The zero-order chi connectivity index (χ0) is 19.6. The van der Waals surface area contributed by atoms with E-state index in [4.69, 9.17) is 0 Å². The van der Waals surface area contributed by atoms with Crippen molar-refractivity contribution in [3.63, 3.8) is 0 Å². The number of carbonyl (C=O) groups excluding carboxylic acids is 1. The minimum absolute atomic E-state index is 0.0246. The molecule has 0 bridgehead atoms. The molecule has 0 fully saturated rings. The highest BCUT2D eigenvalue weighted by atomic mass is 19.1. The molecule has 8 heteroatoms. The van der Waals surface area contributed by atoms with Gasteiger partial charge >= 0.3 is 0 Å². The number of carbonyl (C=O) groups is 1. The molecule has 0 aliphatic carbocycles. The summed E-state index contributed by atoms with van der Waals surface area (Å²) in [6.45, 7) is 3.08. The molecule has 144 valence electrons. The minimum atomic E-state index is -0.522. The smallest absolute Gasteiger partial charge is 0.255 e. The second-order valence-electron chi connectivity index (χ2n) is 5.63. The van der Waals surface area contributed by atoms with Gasteiger partial charge in [0.1, 0.15) is 17.4 Å². The number of phenols is 1. The van der Waals surface area contributed by atoms with Gasteiger partial charge in [0.2, 0.25) is 0 Å². The van der Waals surface area contributed by atoms with Crippen LogP contribution >= 0.6 is 0 Å². The largest absolute Gasteiger partial charge is 0.507 e. The molecule has 2 rings (SSSR count). The lowest BCUT2D eigenvalue weighted by Gasteiger charge is -2.12. The summed E-state index contributed by atoms with van der Waals surface area (Å²) in [5.74, 6) is -1.11. The minimum Gasteiger partial charge on any atom is -0.507 e. The molecule has 0 spiro atoms. The molecule has 0 saturated carbocycles. The summed E-state index contributed by atoms with van der Waals surface area (Å²) in [6.07, 6.45) is 0. The van der Waals surface area contributed by atoms with E-state index in [1.807, 2.05) is 6.92 Å². The SMILES string of the molecule is CCNC(=NCc1cc(F)ccc1F)NCCNC(=O)c1ccccc1O. The Hall–Kier alpha value is -3.16. The van der Waals surface area contributed by atoms with Gasteiger partial charge in [0, 0.05) is 25.2 Å². The van der Waals surface area contributed by atoms with Crippen LogP contribution in [0.15, 0.2) is 47.5 Å². The second-order valence-corrected chi connectivity index (χ2v) is 5.63. The van der Waals surface area contributed by atoms with E-state index >= 15 is 0 Å². The van der Waals surface area contributed by atoms with E-state index in [2.05, 4.69) is 20.9 Å². The molecule has 0 radical (unpaired) electrons. The van der Waals surface area contributed by atoms with Crippen molar-refractivity contribution in [2.45, 2.75) is 13.5 Å². The number of phenolic OH excluding ortho intramolecular Hbond substituents is 1. The number of hydrogen-bond acceptors (Lipinski definition) is 3. The monoisotopic (exact) mass is 376 g/mol. The van der Waals surface area contributed by atoms with E-state index in [1.165, 1.54) is 12.1 Å². The molecule has 4 N–H and O–H groups in total. The van der Waals surface area contributed by atoms with Crippen LogP contribution in [0.3, 0.4) is 0 Å². The summed E-state index contributed by atoms with van der Waals surface area (Å²) in [4.78, 5) is 16.2. The Morgan fingerprint density at radius 2 is 1.81 bits per heavy atom. The molecule has 6 nitrogen and oxygen atoms in total. The van der Waals surface area contributed by atoms with Crippen molar-refractivity contribution < 1.29 is 18.7 Å². The van der Waals surface area contributed by atoms with Crippen LogP contribution in [-0.4, -0.2) is 36.6 Å². The van der Waals surface area contributed by atoms with Gasteiger partial charge < -0.3 is 21.1 Å². The lowest BCUT2D eigenvalue weighted by atomic mass is 10.2. The van der Waals surface area contributed by atoms with E-state index in [0.29, 0.717) is 19.0 Å². The van der Waals surface area contributed by atoms with Crippen molar-refractivity contribution in [2.75, 3.05) is 19.6 Å². The number of hydrogen-bond donors (Lipinski definition) is 4. The Labute approximate surface area is 156 Å². The Morgan fingerprint density at radius 1 is 1.07 bits per heavy atom. The number of nitrogens with zero attached hydrogens (tertiary/aromatic N) is 1. The normalized spacial score (nSPS) is 11.1. The molecule has 27 heavy (non-hydrogen) atoms. The van der Waals surface area contributed by atoms with Gasteiger partial charge in [0.25, 0.3) is 5.91 Å². The fourth-order valence-corrected chi connectivity index (χ4v) is 2.29. The van der Waals surface area contributed by atoms with Gasteiger partial charge in [0.05, 0.1) is 12.1 Å². The quantitative estimate of drug-likeness (QED) is 0.339. The number of halogens is 2. The van der Waals surface area contributed by atoms with Gasteiger partial charge in [-0.1, -0.05) is 12.1 Å². The lowest BCUT2D eigenvalue weighted by molar-refractivity contribution is 0.0951. The van der Waals surface area contributed by atoms with Gasteiger partial charge in [-0.05, 0) is 37.3 Å². The van der Waals surface area contributed by atoms with Gasteiger partial charge in [-0.15, -0.1) is 0 Å². The predicted octanol–water partition coefficient (Wildman–Crippen LogP) is 2.16. The zero-order valence-corrected chi connectivity index (χ0v) is 14.9. The number of nitrogens with one attached hydrogen (secondary N) is 3. The highest BCUT2D eigenvalue weighted by molar-refractivity contribution is 5.96. The fraction of sp³-hybridized carbons (Fsp3) is 0.263. The molecular formula is C19H22F2N4O2. The molecular weight excluding hydrogens is 354 g/mol. The Bertz CT molecular complexity index is 812. The Morgan fingerprint density at radius 3 is 2.56 bits per heavy atom. The molecule has 1 amide bonds. The van der Waals surface area contributed by atoms with Crippen LogP contribution in [0.4, 0.5) is 8.78 Å². The molecule has 0 aromatic heterocycles. The van der Waals surface area contributed by atoms with Crippen molar-refractivity contribution in [3.8, 4) is 5.75 Å². The highest BCUT2D eigenvalue weighted by Crippen LogP contribution is 2.14. The average Bonchev–Trinajstić information content (AvgIpc) is 2.65. The first kappa shape index (κ1) is 20.2. The van der Waals surface area contributed by atoms with Crippen molar-refractivity contribution in [3.05, 3.63) is 65.2 Å². The number of aliphatic imine (C=N–C) groups is 1. The van der Waals surface area contributed by atoms with Gasteiger partial charge in [-0.25, -0.2) is 13.8 Å². The molecule has 2 aromatic rings. The number of para-hydroxylation sites is 1. The maximum atomic E-state index is 13.7. The molecule has 0 aliphatic heterocycles. The van der Waals surface area contributed by atoms with Crippen LogP contribution in [0.2, 0.25) is 0 Å². The number of rotatable bonds is 7. The molecule has 0 aliphatic rings. The van der Waals surface area contributed by atoms with Crippen molar-refractivity contribution in [1.29, 1.82) is 0 Å². The van der Waals surface area contributed by atoms with Crippen LogP contribution in [0, 0.1) is 11.6 Å². The summed E-state index contributed by atoms with van der Waals surface area (Å²) < 4.78 is 26.9. The summed E-state index contributed by atoms with van der Waals surface area (Å²) in [5.41, 5.74) is 0.347. The van der Waals surface area contributed by atoms with E-state index in [9.17, 15) is 18.7 Å². The van der Waals surface area contributed by atoms with E-state index in [-0.39, 0.29) is 30.0 Å². The van der Waals surface area contributed by atoms with Gasteiger partial charge in [-0.2, -0.15) is 0 Å². The van der Waals surface area contributed by atoms with E-state index in [0.717, 1.165) is 18.2 Å². The fourth-order valence-electron chi connectivity index (χ4n) is 2.29. The highest BCUT2D eigenvalue weighted by Gasteiger charge is 2.09. The molecule has 0 unspecified atom stereocenters. The summed E-state index contributed by atoms with van der Waals surface area (Å²) in [5, 5.41) is 18.3. The molecule has 0 atom stereocenters. The Kier molecular flexibility index (Phi) is 7.54. The van der Waals surface area contributed by atoms with Crippen LogP contribution in [0.1, 0.15) is 22.8 Å². The predicted molar refractivity (Wildman–Crippen MR) is 99.6 cm³/mol. The first-order valence-corrected chi connectivity index (χ1v) is 8.53. The molecule has 2 aromatic carbocycles. The average molecular weight is 376 g/mol. The van der Waals surface area contributed by atoms with Crippen molar-refractivity contribution in [1.82, 2.24) is 16.0 Å². The van der Waals surface area contributed by atoms with Crippen LogP contribution in [-0.2, 0) is 6.54 Å². The third-order valence-electron chi connectivity index (χ3n) is 3.61. The molecule has 0 heterocycles. The lowest BCUT2D eigenvalue weighted by Crippen LogP contribution is -2.41. The van der Waals surface area contributed by atoms with Gasteiger partial charge in [0.15, 0.2) is 5.96 Å². The summed E-state index contributed by atoms with van der Waals surface area (Å²) in [7, 11) is 0. The number of aromatic hydroxyl groups is 1.